The molecule has 4 rings (SSSR count). The molecular weight excluding hydrogens is 344 g/mol. The van der Waals surface area contributed by atoms with Crippen LogP contribution in [0.25, 0.3) is 16.9 Å². The molecule has 26 heavy (non-hydrogen) atoms. The van der Waals surface area contributed by atoms with Crippen LogP contribution in [0.5, 0.6) is 0 Å². The molecule has 0 fully saturated rings. The molecule has 3 heterocycles. The van der Waals surface area contributed by atoms with Crippen LogP contribution in [-0.4, -0.2) is 26.9 Å². The molecule has 1 N–H and O–H groups in total. The summed E-state index contributed by atoms with van der Waals surface area (Å²) in [6.45, 7) is 3.07. The molecule has 0 saturated carbocycles. The third kappa shape index (κ3) is 2.99. The number of nitrogens with one attached hydrogen (secondary N) is 1. The summed E-state index contributed by atoms with van der Waals surface area (Å²) in [5, 5.41) is 9.73. The summed E-state index contributed by atoms with van der Waals surface area (Å²) in [4.78, 5) is 17.8. The zero-order valence-electron chi connectivity index (χ0n) is 14.3. The van der Waals surface area contributed by atoms with Crippen LogP contribution < -0.4 is 5.32 Å². The predicted octanol–water partition coefficient (Wildman–Crippen LogP) is 4.51. The SMILES string of the molecule is CCCNc1cccc(-c2ccnc3c(C(=O)c4cccs4)cnn23)c1. The number of ketones is 1. The summed E-state index contributed by atoms with van der Waals surface area (Å²) in [5.74, 6) is -0.0435. The fraction of sp³-hybridized carbons (Fsp3) is 0.150. The number of benzene rings is 1. The van der Waals surface area contributed by atoms with Gasteiger partial charge in [0.1, 0.15) is 0 Å². The van der Waals surface area contributed by atoms with Crippen LogP contribution >= 0.6 is 11.3 Å². The van der Waals surface area contributed by atoms with Crippen LogP contribution in [0.15, 0.2) is 60.2 Å². The van der Waals surface area contributed by atoms with Crippen LogP contribution in [-0.2, 0) is 0 Å². The average Bonchev–Trinajstić information content (AvgIpc) is 3.35. The molecule has 0 spiro atoms. The molecule has 130 valence electrons. The molecule has 0 unspecified atom stereocenters. The van der Waals surface area contributed by atoms with Gasteiger partial charge in [-0.15, -0.1) is 11.3 Å². The first-order valence-corrected chi connectivity index (χ1v) is 9.41. The fourth-order valence-corrected chi connectivity index (χ4v) is 3.55. The minimum absolute atomic E-state index is 0.0435. The van der Waals surface area contributed by atoms with E-state index in [4.69, 9.17) is 0 Å². The molecule has 5 nitrogen and oxygen atoms in total. The molecule has 0 aliphatic carbocycles. The highest BCUT2D eigenvalue weighted by Crippen LogP contribution is 2.25. The van der Waals surface area contributed by atoms with E-state index in [-0.39, 0.29) is 5.78 Å². The van der Waals surface area contributed by atoms with E-state index in [0.29, 0.717) is 16.1 Å². The van der Waals surface area contributed by atoms with Crippen molar-refractivity contribution in [3.63, 3.8) is 0 Å². The molecule has 1 aromatic carbocycles. The Morgan fingerprint density at radius 3 is 2.96 bits per heavy atom. The van der Waals surface area contributed by atoms with Crippen LogP contribution in [0.3, 0.4) is 0 Å². The Morgan fingerprint density at radius 1 is 1.23 bits per heavy atom. The first kappa shape index (κ1) is 16.5. The Labute approximate surface area is 155 Å². The van der Waals surface area contributed by atoms with Gasteiger partial charge in [0, 0.05) is 24.0 Å². The number of nitrogens with zero attached hydrogens (tertiary/aromatic N) is 3. The number of carbonyl (C=O) groups is 1. The first-order valence-electron chi connectivity index (χ1n) is 8.53. The molecule has 0 saturated heterocycles. The lowest BCUT2D eigenvalue weighted by atomic mass is 10.1. The van der Waals surface area contributed by atoms with Crippen LogP contribution in [0.1, 0.15) is 28.6 Å². The Morgan fingerprint density at radius 2 is 2.15 bits per heavy atom. The van der Waals surface area contributed by atoms with Gasteiger partial charge in [0.25, 0.3) is 0 Å². The summed E-state index contributed by atoms with van der Waals surface area (Å²) in [7, 11) is 0. The van der Waals surface area contributed by atoms with E-state index < -0.39 is 0 Å². The largest absolute Gasteiger partial charge is 0.385 e. The average molecular weight is 362 g/mol. The third-order valence-corrected chi connectivity index (χ3v) is 5.00. The van der Waals surface area contributed by atoms with Crippen molar-refractivity contribution in [3.05, 3.63) is 70.7 Å². The van der Waals surface area contributed by atoms with Crippen molar-refractivity contribution in [1.82, 2.24) is 14.6 Å². The number of carbonyl (C=O) groups excluding carboxylic acids is 1. The van der Waals surface area contributed by atoms with Gasteiger partial charge in [-0.1, -0.05) is 25.1 Å². The molecule has 0 aliphatic heterocycles. The molecular formula is C20H18N4OS. The molecule has 0 radical (unpaired) electrons. The van der Waals surface area contributed by atoms with E-state index >= 15 is 0 Å². The van der Waals surface area contributed by atoms with Crippen molar-refractivity contribution in [2.75, 3.05) is 11.9 Å². The lowest BCUT2D eigenvalue weighted by Crippen LogP contribution is -2.02. The highest BCUT2D eigenvalue weighted by atomic mass is 32.1. The number of thiophene rings is 1. The van der Waals surface area contributed by atoms with Crippen molar-refractivity contribution >= 4 is 28.5 Å². The number of hydrogen-bond donors (Lipinski definition) is 1. The second-order valence-corrected chi connectivity index (χ2v) is 6.89. The number of aromatic nitrogens is 3. The smallest absolute Gasteiger partial charge is 0.208 e. The van der Waals surface area contributed by atoms with E-state index in [2.05, 4.69) is 28.4 Å². The minimum Gasteiger partial charge on any atom is -0.385 e. The Bertz CT molecular complexity index is 1050. The summed E-state index contributed by atoms with van der Waals surface area (Å²) < 4.78 is 1.74. The van der Waals surface area contributed by atoms with Crippen molar-refractivity contribution in [2.45, 2.75) is 13.3 Å². The number of hydrogen-bond acceptors (Lipinski definition) is 5. The maximum atomic E-state index is 12.7. The van der Waals surface area contributed by atoms with E-state index in [1.165, 1.54) is 11.3 Å². The molecule has 0 amide bonds. The summed E-state index contributed by atoms with van der Waals surface area (Å²) >= 11 is 1.43. The zero-order valence-corrected chi connectivity index (χ0v) is 15.2. The van der Waals surface area contributed by atoms with E-state index in [0.717, 1.165) is 29.9 Å². The molecule has 0 bridgehead atoms. The van der Waals surface area contributed by atoms with Gasteiger partial charge in [-0.05, 0) is 36.1 Å². The van der Waals surface area contributed by atoms with E-state index in [1.54, 1.807) is 16.9 Å². The van der Waals surface area contributed by atoms with Gasteiger partial charge in [-0.3, -0.25) is 4.79 Å². The quantitative estimate of drug-likeness (QED) is 0.513. The van der Waals surface area contributed by atoms with Gasteiger partial charge in [0.05, 0.1) is 22.3 Å². The van der Waals surface area contributed by atoms with Gasteiger partial charge in [0.15, 0.2) is 5.65 Å². The van der Waals surface area contributed by atoms with Crippen molar-refractivity contribution in [1.29, 1.82) is 0 Å². The van der Waals surface area contributed by atoms with Gasteiger partial charge in [-0.2, -0.15) is 5.10 Å². The molecule has 3 aromatic heterocycles. The minimum atomic E-state index is -0.0435. The van der Waals surface area contributed by atoms with Gasteiger partial charge >= 0.3 is 0 Å². The molecule has 0 atom stereocenters. The summed E-state index contributed by atoms with van der Waals surface area (Å²) in [6.07, 6.45) is 4.40. The van der Waals surface area contributed by atoms with Gasteiger partial charge in [0.2, 0.25) is 5.78 Å². The van der Waals surface area contributed by atoms with Crippen molar-refractivity contribution in [2.24, 2.45) is 0 Å². The lowest BCUT2D eigenvalue weighted by Gasteiger charge is -2.09. The Balaban J connectivity index is 1.77. The monoisotopic (exact) mass is 362 g/mol. The van der Waals surface area contributed by atoms with Crippen LogP contribution in [0.4, 0.5) is 5.69 Å². The van der Waals surface area contributed by atoms with Crippen molar-refractivity contribution < 1.29 is 4.79 Å². The maximum absolute atomic E-state index is 12.7. The molecule has 4 aromatic rings. The second-order valence-electron chi connectivity index (χ2n) is 5.94. The highest BCUT2D eigenvalue weighted by Gasteiger charge is 2.18. The lowest BCUT2D eigenvalue weighted by molar-refractivity contribution is 0.104. The number of rotatable bonds is 6. The number of fused-ring (bicyclic) bond motifs is 1. The Hall–Kier alpha value is -2.99. The summed E-state index contributed by atoms with van der Waals surface area (Å²) in [5.41, 5.74) is 4.09. The van der Waals surface area contributed by atoms with Crippen LogP contribution in [0, 0.1) is 0 Å². The van der Waals surface area contributed by atoms with Gasteiger partial charge < -0.3 is 5.32 Å². The molecule has 0 aliphatic rings. The second kappa shape index (κ2) is 7.09. The van der Waals surface area contributed by atoms with E-state index in [9.17, 15) is 4.79 Å². The fourth-order valence-electron chi connectivity index (χ4n) is 2.87. The summed E-state index contributed by atoms with van der Waals surface area (Å²) in [6, 6.07) is 13.8. The third-order valence-electron chi connectivity index (χ3n) is 4.13. The maximum Gasteiger partial charge on any atom is 0.208 e. The zero-order chi connectivity index (χ0) is 17.9. The normalized spacial score (nSPS) is 11.0. The molecule has 6 heteroatoms. The predicted molar refractivity (Wildman–Crippen MR) is 105 cm³/mol. The highest BCUT2D eigenvalue weighted by molar-refractivity contribution is 7.12. The van der Waals surface area contributed by atoms with E-state index in [1.807, 2.05) is 41.8 Å². The Kier molecular flexibility index (Phi) is 4.50. The van der Waals surface area contributed by atoms with Crippen molar-refractivity contribution in [3.8, 4) is 11.3 Å². The topological polar surface area (TPSA) is 59.3 Å². The van der Waals surface area contributed by atoms with Gasteiger partial charge in [-0.25, -0.2) is 9.50 Å². The first-order chi connectivity index (χ1) is 12.8. The standard InChI is InChI=1S/C20H18N4OS/c1-2-9-21-15-6-3-5-14(12-15)17-8-10-22-20-16(13-23-24(17)20)19(25)18-7-4-11-26-18/h3-8,10-13,21H,2,9H2,1H3. The number of anilines is 1. The van der Waals surface area contributed by atoms with Crippen LogP contribution in [0.2, 0.25) is 0 Å².